The minimum Gasteiger partial charge on any atom is -0.310 e. The standard InChI is InChI=1S/C16H16BrF2N/c1-11(8-12-2-5-14(18)6-3-12)20-10-13-4-7-16(19)15(17)9-13/h2-7,9,11,20H,8,10H2,1H3. The van der Waals surface area contributed by atoms with Crippen LogP contribution in [-0.2, 0) is 13.0 Å². The number of hydrogen-bond acceptors (Lipinski definition) is 1. The third-order valence-electron chi connectivity index (χ3n) is 3.09. The van der Waals surface area contributed by atoms with E-state index in [4.69, 9.17) is 0 Å². The van der Waals surface area contributed by atoms with Gasteiger partial charge < -0.3 is 5.32 Å². The van der Waals surface area contributed by atoms with Crippen molar-refractivity contribution in [2.75, 3.05) is 0 Å². The van der Waals surface area contributed by atoms with E-state index < -0.39 is 0 Å². The Balaban J connectivity index is 1.86. The SMILES string of the molecule is CC(Cc1ccc(F)cc1)NCc1ccc(F)c(Br)c1. The summed E-state index contributed by atoms with van der Waals surface area (Å²) >= 11 is 3.18. The molecule has 106 valence electrons. The number of halogens is 3. The van der Waals surface area contributed by atoms with Gasteiger partial charge in [0.05, 0.1) is 4.47 Å². The molecule has 0 bridgehead atoms. The van der Waals surface area contributed by atoms with E-state index in [0.29, 0.717) is 11.0 Å². The van der Waals surface area contributed by atoms with Gasteiger partial charge in [-0.25, -0.2) is 8.78 Å². The maximum absolute atomic E-state index is 13.1. The summed E-state index contributed by atoms with van der Waals surface area (Å²) < 4.78 is 26.4. The second-order valence-corrected chi connectivity index (χ2v) is 5.72. The van der Waals surface area contributed by atoms with Crippen LogP contribution in [0.15, 0.2) is 46.9 Å². The van der Waals surface area contributed by atoms with Crippen LogP contribution in [0.5, 0.6) is 0 Å². The second-order valence-electron chi connectivity index (χ2n) is 4.86. The maximum Gasteiger partial charge on any atom is 0.137 e. The van der Waals surface area contributed by atoms with Gasteiger partial charge in [-0.2, -0.15) is 0 Å². The summed E-state index contributed by atoms with van der Waals surface area (Å²) in [6.45, 7) is 2.74. The zero-order chi connectivity index (χ0) is 14.5. The first-order valence-corrected chi connectivity index (χ1v) is 7.25. The van der Waals surface area contributed by atoms with Crippen LogP contribution in [0.4, 0.5) is 8.78 Å². The van der Waals surface area contributed by atoms with Gasteiger partial charge >= 0.3 is 0 Å². The molecule has 0 aromatic heterocycles. The average Bonchev–Trinajstić information content (AvgIpc) is 2.43. The molecule has 0 aliphatic rings. The Morgan fingerprint density at radius 2 is 1.70 bits per heavy atom. The third kappa shape index (κ3) is 4.39. The fraction of sp³-hybridized carbons (Fsp3) is 0.250. The predicted octanol–water partition coefficient (Wildman–Crippen LogP) is 4.45. The molecule has 0 radical (unpaired) electrons. The summed E-state index contributed by atoms with van der Waals surface area (Å²) in [5, 5.41) is 3.37. The summed E-state index contributed by atoms with van der Waals surface area (Å²) in [5.41, 5.74) is 2.11. The molecule has 4 heteroatoms. The van der Waals surface area contributed by atoms with Crippen molar-refractivity contribution < 1.29 is 8.78 Å². The highest BCUT2D eigenvalue weighted by molar-refractivity contribution is 9.10. The molecule has 0 saturated heterocycles. The van der Waals surface area contributed by atoms with Gasteiger partial charge in [0.25, 0.3) is 0 Å². The lowest BCUT2D eigenvalue weighted by atomic mass is 10.1. The van der Waals surface area contributed by atoms with Gasteiger partial charge in [0, 0.05) is 12.6 Å². The zero-order valence-corrected chi connectivity index (χ0v) is 12.8. The van der Waals surface area contributed by atoms with Crippen molar-refractivity contribution in [1.29, 1.82) is 0 Å². The van der Waals surface area contributed by atoms with Gasteiger partial charge in [0.1, 0.15) is 11.6 Å². The van der Waals surface area contributed by atoms with Crippen molar-refractivity contribution in [2.45, 2.75) is 25.9 Å². The van der Waals surface area contributed by atoms with Crippen LogP contribution >= 0.6 is 15.9 Å². The second kappa shape index (κ2) is 6.95. The Morgan fingerprint density at radius 3 is 2.35 bits per heavy atom. The van der Waals surface area contributed by atoms with E-state index in [9.17, 15) is 8.78 Å². The normalized spacial score (nSPS) is 12.4. The topological polar surface area (TPSA) is 12.0 Å². The largest absolute Gasteiger partial charge is 0.310 e. The molecule has 20 heavy (non-hydrogen) atoms. The molecular weight excluding hydrogens is 324 g/mol. The molecule has 0 aliphatic heterocycles. The molecule has 1 N–H and O–H groups in total. The van der Waals surface area contributed by atoms with Crippen molar-refractivity contribution in [3.63, 3.8) is 0 Å². The Hall–Kier alpha value is -1.26. The van der Waals surface area contributed by atoms with Crippen LogP contribution in [0.2, 0.25) is 0 Å². The van der Waals surface area contributed by atoms with Crippen molar-refractivity contribution in [2.24, 2.45) is 0 Å². The number of nitrogens with one attached hydrogen (secondary N) is 1. The molecule has 0 fully saturated rings. The molecule has 0 aliphatic carbocycles. The van der Waals surface area contributed by atoms with Crippen LogP contribution in [0, 0.1) is 11.6 Å². The van der Waals surface area contributed by atoms with Gasteiger partial charge in [-0.05, 0) is 64.7 Å². The summed E-state index contributed by atoms with van der Waals surface area (Å²) in [5.74, 6) is -0.473. The number of hydrogen-bond donors (Lipinski definition) is 1. The van der Waals surface area contributed by atoms with Crippen LogP contribution in [0.3, 0.4) is 0 Å². The third-order valence-corrected chi connectivity index (χ3v) is 3.70. The molecule has 1 atom stereocenters. The first-order chi connectivity index (χ1) is 9.54. The minimum atomic E-state index is -0.256. The van der Waals surface area contributed by atoms with E-state index in [1.807, 2.05) is 0 Å². The van der Waals surface area contributed by atoms with E-state index in [0.717, 1.165) is 17.5 Å². The maximum atomic E-state index is 13.1. The van der Waals surface area contributed by atoms with Crippen LogP contribution < -0.4 is 5.32 Å². The van der Waals surface area contributed by atoms with Crippen molar-refractivity contribution >= 4 is 15.9 Å². The molecule has 0 amide bonds. The van der Waals surface area contributed by atoms with E-state index in [1.165, 1.54) is 18.2 Å². The summed E-state index contributed by atoms with van der Waals surface area (Å²) in [7, 11) is 0. The van der Waals surface area contributed by atoms with Crippen LogP contribution in [0.25, 0.3) is 0 Å². The summed E-state index contributed by atoms with van der Waals surface area (Å²) in [6, 6.07) is 11.8. The Labute approximate surface area is 126 Å². The molecule has 0 spiro atoms. The highest BCUT2D eigenvalue weighted by Gasteiger charge is 2.05. The molecule has 0 saturated carbocycles. The smallest absolute Gasteiger partial charge is 0.137 e. The molecule has 1 nitrogen and oxygen atoms in total. The van der Waals surface area contributed by atoms with Crippen LogP contribution in [-0.4, -0.2) is 6.04 Å². The Kier molecular flexibility index (Phi) is 5.26. The van der Waals surface area contributed by atoms with Crippen LogP contribution in [0.1, 0.15) is 18.1 Å². The fourth-order valence-corrected chi connectivity index (χ4v) is 2.41. The van der Waals surface area contributed by atoms with Crippen molar-refractivity contribution in [1.82, 2.24) is 5.32 Å². The van der Waals surface area contributed by atoms with E-state index in [2.05, 4.69) is 28.2 Å². The molecule has 1 unspecified atom stereocenters. The van der Waals surface area contributed by atoms with E-state index >= 15 is 0 Å². The molecule has 0 heterocycles. The summed E-state index contributed by atoms with van der Waals surface area (Å²) in [6.07, 6.45) is 0.822. The number of benzene rings is 2. The van der Waals surface area contributed by atoms with Crippen molar-refractivity contribution in [3.8, 4) is 0 Å². The van der Waals surface area contributed by atoms with Gasteiger partial charge in [-0.1, -0.05) is 18.2 Å². The lowest BCUT2D eigenvalue weighted by Gasteiger charge is -2.14. The first kappa shape index (κ1) is 15.1. The molecule has 2 aromatic carbocycles. The highest BCUT2D eigenvalue weighted by atomic mass is 79.9. The highest BCUT2D eigenvalue weighted by Crippen LogP contribution is 2.17. The molecular formula is C16H16BrF2N. The van der Waals surface area contributed by atoms with Gasteiger partial charge in [0.2, 0.25) is 0 Å². The first-order valence-electron chi connectivity index (χ1n) is 6.46. The predicted molar refractivity (Wildman–Crippen MR) is 80.5 cm³/mol. The van der Waals surface area contributed by atoms with Gasteiger partial charge in [-0.3, -0.25) is 0 Å². The number of rotatable bonds is 5. The Bertz CT molecular complexity index is 569. The van der Waals surface area contributed by atoms with E-state index in [-0.39, 0.29) is 17.7 Å². The lowest BCUT2D eigenvalue weighted by Crippen LogP contribution is -2.27. The van der Waals surface area contributed by atoms with Gasteiger partial charge in [-0.15, -0.1) is 0 Å². The minimum absolute atomic E-state index is 0.217. The van der Waals surface area contributed by atoms with Gasteiger partial charge in [0.15, 0.2) is 0 Å². The zero-order valence-electron chi connectivity index (χ0n) is 11.2. The lowest BCUT2D eigenvalue weighted by molar-refractivity contribution is 0.543. The quantitative estimate of drug-likeness (QED) is 0.848. The average molecular weight is 340 g/mol. The summed E-state index contributed by atoms with van der Waals surface area (Å²) in [4.78, 5) is 0. The molecule has 2 aromatic rings. The molecule has 2 rings (SSSR count). The van der Waals surface area contributed by atoms with Crippen molar-refractivity contribution in [3.05, 3.63) is 69.7 Å². The monoisotopic (exact) mass is 339 g/mol. The Morgan fingerprint density at radius 1 is 1.05 bits per heavy atom. The van der Waals surface area contributed by atoms with E-state index in [1.54, 1.807) is 24.3 Å². The fourth-order valence-electron chi connectivity index (χ4n) is 1.99.